The Morgan fingerprint density at radius 2 is 2.05 bits per heavy atom. The van der Waals surface area contributed by atoms with Gasteiger partial charge in [-0.2, -0.15) is 0 Å². The highest BCUT2D eigenvalue weighted by Crippen LogP contribution is 2.21. The van der Waals surface area contributed by atoms with Gasteiger partial charge in [0.05, 0.1) is 22.9 Å². The molecule has 2 N–H and O–H groups in total. The molecule has 110 valence electrons. The number of aryl methyl sites for hydroxylation is 1. The van der Waals surface area contributed by atoms with E-state index in [-0.39, 0.29) is 10.7 Å². The average molecular weight is 309 g/mol. The summed E-state index contributed by atoms with van der Waals surface area (Å²) in [5, 5.41) is 15.6. The van der Waals surface area contributed by atoms with Crippen LogP contribution in [0.25, 0.3) is 0 Å². The molecule has 2 aromatic rings. The van der Waals surface area contributed by atoms with E-state index in [1.807, 2.05) is 0 Å². The van der Waals surface area contributed by atoms with Crippen molar-refractivity contribution in [1.82, 2.24) is 0 Å². The highest BCUT2D eigenvalue weighted by atomic mass is 32.2. The van der Waals surface area contributed by atoms with E-state index in [0.29, 0.717) is 11.3 Å². The summed E-state index contributed by atoms with van der Waals surface area (Å²) in [5.41, 5.74) is 0.841. The first-order valence-electron chi connectivity index (χ1n) is 5.69. The second kappa shape index (κ2) is 5.46. The van der Waals surface area contributed by atoms with Gasteiger partial charge in [0.2, 0.25) is 10.0 Å². The molecule has 9 heteroatoms. The van der Waals surface area contributed by atoms with E-state index in [1.54, 1.807) is 19.1 Å². The Morgan fingerprint density at radius 3 is 2.62 bits per heavy atom. The van der Waals surface area contributed by atoms with Gasteiger partial charge >= 0.3 is 5.88 Å². The molecular formula is C12H11N3O5S. The Bertz CT molecular complexity index is 823. The summed E-state index contributed by atoms with van der Waals surface area (Å²) in [5.74, 6) is -0.218. The lowest BCUT2D eigenvalue weighted by molar-refractivity contribution is -0.402. The van der Waals surface area contributed by atoms with Gasteiger partial charge in [-0.25, -0.2) is 13.6 Å². The number of aliphatic imine (C=N–C) groups is 1. The van der Waals surface area contributed by atoms with Gasteiger partial charge in [-0.1, -0.05) is 6.07 Å². The molecule has 0 bridgehead atoms. The fourth-order valence-electron chi connectivity index (χ4n) is 1.62. The Hall–Kier alpha value is -2.52. The lowest BCUT2D eigenvalue weighted by Gasteiger charge is -2.03. The van der Waals surface area contributed by atoms with Crippen LogP contribution in [-0.2, 0) is 10.0 Å². The van der Waals surface area contributed by atoms with Crippen molar-refractivity contribution in [2.45, 2.75) is 11.8 Å². The maximum absolute atomic E-state index is 11.4. The Kier molecular flexibility index (Phi) is 3.87. The van der Waals surface area contributed by atoms with E-state index in [2.05, 4.69) is 4.99 Å². The van der Waals surface area contributed by atoms with E-state index in [9.17, 15) is 18.5 Å². The zero-order valence-corrected chi connectivity index (χ0v) is 11.7. The maximum atomic E-state index is 11.4. The fraction of sp³-hybridized carbons (Fsp3) is 0.0833. The number of nitro groups is 1. The summed E-state index contributed by atoms with van der Waals surface area (Å²) in [7, 11) is -3.83. The minimum Gasteiger partial charge on any atom is -0.400 e. The molecular weight excluding hydrogens is 298 g/mol. The number of hydrogen-bond acceptors (Lipinski definition) is 6. The highest BCUT2D eigenvalue weighted by molar-refractivity contribution is 7.89. The van der Waals surface area contributed by atoms with Crippen LogP contribution in [-0.4, -0.2) is 19.6 Å². The Morgan fingerprint density at radius 1 is 1.33 bits per heavy atom. The van der Waals surface area contributed by atoms with E-state index >= 15 is 0 Å². The van der Waals surface area contributed by atoms with Gasteiger partial charge in [0, 0.05) is 0 Å². The van der Waals surface area contributed by atoms with Crippen LogP contribution in [0, 0.1) is 17.0 Å². The largest absolute Gasteiger partial charge is 0.433 e. The first-order chi connectivity index (χ1) is 9.77. The number of rotatable bonds is 4. The first-order valence-corrected chi connectivity index (χ1v) is 7.24. The van der Waals surface area contributed by atoms with Gasteiger partial charge in [0.1, 0.15) is 4.92 Å². The van der Waals surface area contributed by atoms with E-state index in [1.165, 1.54) is 24.4 Å². The van der Waals surface area contributed by atoms with Crippen LogP contribution in [0.4, 0.5) is 11.6 Å². The van der Waals surface area contributed by atoms with Crippen LogP contribution < -0.4 is 5.14 Å². The number of primary sulfonamides is 1. The molecule has 0 saturated heterocycles. The smallest absolute Gasteiger partial charge is 0.400 e. The monoisotopic (exact) mass is 309 g/mol. The highest BCUT2D eigenvalue weighted by Gasteiger charge is 2.12. The minimum absolute atomic E-state index is 0.0254. The predicted molar refractivity (Wildman–Crippen MR) is 75.2 cm³/mol. The van der Waals surface area contributed by atoms with Crippen LogP contribution in [0.3, 0.4) is 0 Å². The van der Waals surface area contributed by atoms with E-state index < -0.39 is 20.8 Å². The molecule has 0 aliphatic heterocycles. The van der Waals surface area contributed by atoms with Gasteiger partial charge in [-0.15, -0.1) is 0 Å². The molecule has 0 saturated carbocycles. The topological polar surface area (TPSA) is 129 Å². The van der Waals surface area contributed by atoms with Crippen LogP contribution in [0.5, 0.6) is 0 Å². The van der Waals surface area contributed by atoms with Gasteiger partial charge in [0.15, 0.2) is 5.76 Å². The molecule has 1 heterocycles. The second-order valence-electron chi connectivity index (χ2n) is 4.19. The average Bonchev–Trinajstić information content (AvgIpc) is 2.85. The molecule has 0 aliphatic rings. The lowest BCUT2D eigenvalue weighted by atomic mass is 10.2. The summed E-state index contributed by atoms with van der Waals surface area (Å²) >= 11 is 0. The van der Waals surface area contributed by atoms with Crippen molar-refractivity contribution >= 4 is 27.8 Å². The molecule has 2 rings (SSSR count). The van der Waals surface area contributed by atoms with E-state index in [4.69, 9.17) is 9.56 Å². The summed E-state index contributed by atoms with van der Waals surface area (Å²) in [6.07, 6.45) is 1.25. The molecule has 1 aromatic heterocycles. The molecule has 8 nitrogen and oxygen atoms in total. The Labute approximate surface area is 120 Å². The van der Waals surface area contributed by atoms with Crippen molar-refractivity contribution in [2.75, 3.05) is 0 Å². The number of benzene rings is 1. The third-order valence-corrected chi connectivity index (χ3v) is 3.66. The number of nitrogens with two attached hydrogens (primary N) is 1. The van der Waals surface area contributed by atoms with Crippen molar-refractivity contribution in [3.05, 3.63) is 51.8 Å². The van der Waals surface area contributed by atoms with Crippen molar-refractivity contribution in [1.29, 1.82) is 0 Å². The molecule has 0 aliphatic carbocycles. The summed E-state index contributed by atoms with van der Waals surface area (Å²) < 4.78 is 27.7. The number of sulfonamides is 1. The number of hydrogen-bond donors (Lipinski definition) is 1. The van der Waals surface area contributed by atoms with E-state index in [0.717, 1.165) is 0 Å². The molecule has 0 fully saturated rings. The van der Waals surface area contributed by atoms with Gasteiger partial charge < -0.3 is 4.42 Å². The van der Waals surface area contributed by atoms with Crippen molar-refractivity contribution < 1.29 is 17.8 Å². The third kappa shape index (κ3) is 3.52. The second-order valence-corrected chi connectivity index (χ2v) is 5.72. The zero-order valence-electron chi connectivity index (χ0n) is 10.9. The minimum atomic E-state index is -3.83. The molecule has 0 amide bonds. The normalized spacial score (nSPS) is 11.9. The molecule has 1 aromatic carbocycles. The van der Waals surface area contributed by atoms with Crippen molar-refractivity contribution in [2.24, 2.45) is 10.1 Å². The predicted octanol–water partition coefficient (Wildman–Crippen LogP) is 1.89. The zero-order chi connectivity index (χ0) is 15.6. The van der Waals surface area contributed by atoms with Crippen LogP contribution in [0.1, 0.15) is 11.3 Å². The quantitative estimate of drug-likeness (QED) is 0.523. The van der Waals surface area contributed by atoms with Crippen molar-refractivity contribution in [3.8, 4) is 0 Å². The standard InChI is InChI=1S/C12H11N3O5S/c1-8-2-3-9(6-11(8)21(13,18)19)14-7-10-4-5-12(20-10)15(16)17/h2-7H,1H3,(H2,13,18,19). The van der Waals surface area contributed by atoms with Gasteiger partial charge in [-0.05, 0) is 30.7 Å². The summed E-state index contributed by atoms with van der Waals surface area (Å²) in [6, 6.07) is 7.07. The van der Waals surface area contributed by atoms with Crippen molar-refractivity contribution in [3.63, 3.8) is 0 Å². The lowest BCUT2D eigenvalue weighted by Crippen LogP contribution is -2.13. The number of nitrogens with zero attached hydrogens (tertiary/aromatic N) is 2. The third-order valence-electron chi connectivity index (χ3n) is 2.61. The molecule has 0 radical (unpaired) electrons. The van der Waals surface area contributed by atoms with Gasteiger partial charge in [-0.3, -0.25) is 15.1 Å². The fourth-order valence-corrected chi connectivity index (χ4v) is 2.43. The maximum Gasteiger partial charge on any atom is 0.433 e. The molecule has 0 spiro atoms. The SMILES string of the molecule is Cc1ccc(N=Cc2ccc([N+](=O)[O-])o2)cc1S(N)(=O)=O. The molecule has 0 unspecified atom stereocenters. The summed E-state index contributed by atoms with van der Waals surface area (Å²) in [6.45, 7) is 1.61. The van der Waals surface area contributed by atoms with Crippen LogP contribution in [0.15, 0.2) is 44.6 Å². The van der Waals surface area contributed by atoms with Gasteiger partial charge in [0.25, 0.3) is 0 Å². The Balaban J connectivity index is 2.31. The number of furan rings is 1. The van der Waals surface area contributed by atoms with Crippen LogP contribution in [0.2, 0.25) is 0 Å². The molecule has 21 heavy (non-hydrogen) atoms. The summed E-state index contributed by atoms with van der Waals surface area (Å²) in [4.78, 5) is 13.8. The van der Waals surface area contributed by atoms with Crippen LogP contribution >= 0.6 is 0 Å². The first kappa shape index (κ1) is 14.9. The molecule has 0 atom stereocenters.